The van der Waals surface area contributed by atoms with Crippen LogP contribution in [0.5, 0.6) is 5.75 Å². The summed E-state index contributed by atoms with van der Waals surface area (Å²) < 4.78 is 4.88. The van der Waals surface area contributed by atoms with Crippen LogP contribution in [0.25, 0.3) is 0 Å². The number of urea groups is 1. The molecule has 8 nitrogen and oxygen atoms in total. The molecule has 0 fully saturated rings. The molecule has 0 aliphatic rings. The Kier molecular flexibility index (Phi) is 7.05. The number of non-ortho nitro benzene ring substituents is 1. The van der Waals surface area contributed by atoms with Crippen LogP contribution in [-0.2, 0) is 4.79 Å². The van der Waals surface area contributed by atoms with Gasteiger partial charge in [-0.1, -0.05) is 0 Å². The molecule has 1 rings (SSSR count). The van der Waals surface area contributed by atoms with E-state index in [4.69, 9.17) is 10.5 Å². The smallest absolute Gasteiger partial charge is 0.333 e. The van der Waals surface area contributed by atoms with Crippen LogP contribution in [0.2, 0.25) is 0 Å². The number of rotatable bonds is 4. The number of nitrogens with one attached hydrogen (secondary N) is 1. The van der Waals surface area contributed by atoms with Crippen molar-refractivity contribution in [3.63, 3.8) is 0 Å². The number of amides is 2. The molecule has 0 heterocycles. The zero-order valence-corrected chi connectivity index (χ0v) is 12.5. The molecule has 1 aromatic rings. The molecule has 1 aromatic carbocycles. The second-order valence-electron chi connectivity index (χ2n) is 3.40. The van der Waals surface area contributed by atoms with Crippen LogP contribution in [0.15, 0.2) is 24.3 Å². The van der Waals surface area contributed by atoms with Crippen LogP contribution in [0.3, 0.4) is 0 Å². The third-order valence-corrected chi connectivity index (χ3v) is 1.98. The summed E-state index contributed by atoms with van der Waals surface area (Å²) in [6.07, 6.45) is 0. The van der Waals surface area contributed by atoms with Gasteiger partial charge in [-0.05, 0) is 19.1 Å². The number of carbonyl (C=O) groups excluding carboxylic acids is 2. The second kappa shape index (κ2) is 7.72. The first-order valence-corrected chi connectivity index (χ1v) is 4.92. The number of esters is 1. The van der Waals surface area contributed by atoms with Gasteiger partial charge >= 0.3 is 12.0 Å². The van der Waals surface area contributed by atoms with E-state index in [1.807, 2.05) is 0 Å². The van der Waals surface area contributed by atoms with Crippen molar-refractivity contribution in [2.24, 2.45) is 5.73 Å². The van der Waals surface area contributed by atoms with Gasteiger partial charge in [0.15, 0.2) is 0 Å². The normalized spacial score (nSPS) is 10.8. The second-order valence-corrected chi connectivity index (χ2v) is 3.40. The quantitative estimate of drug-likeness (QED) is 0.267. The number of benzene rings is 1. The number of nitro groups is 1. The van der Waals surface area contributed by atoms with Gasteiger partial charge in [-0.25, -0.2) is 9.59 Å². The van der Waals surface area contributed by atoms with Crippen molar-refractivity contribution in [3.05, 3.63) is 34.4 Å². The van der Waals surface area contributed by atoms with Gasteiger partial charge < -0.3 is 15.8 Å². The summed E-state index contributed by atoms with van der Waals surface area (Å²) in [6.45, 7) is 1.40. The molecule has 1 radical (unpaired) electrons. The van der Waals surface area contributed by atoms with Gasteiger partial charge in [0.25, 0.3) is 5.69 Å². The Hall–Kier alpha value is -1.64. The largest absolute Gasteiger partial charge is 0.425 e. The predicted molar refractivity (Wildman–Crippen MR) is 66.7 cm³/mol. The standard InChI is InChI=1S/C10H11N3O5.Na/c1-6(12-10(11)15)9(14)18-8-4-2-7(3-5-8)13(16)17;/h2-6H,1H3,(H3,11,12,15);. The van der Waals surface area contributed by atoms with E-state index in [-0.39, 0.29) is 41.0 Å². The number of nitrogens with zero attached hydrogens (tertiary/aromatic N) is 1. The molecule has 3 N–H and O–H groups in total. The first kappa shape index (κ1) is 17.4. The van der Waals surface area contributed by atoms with Gasteiger partial charge in [-0.2, -0.15) is 0 Å². The van der Waals surface area contributed by atoms with Crippen molar-refractivity contribution < 1.29 is 19.2 Å². The minimum absolute atomic E-state index is 0. The summed E-state index contributed by atoms with van der Waals surface area (Å²) in [7, 11) is 0. The van der Waals surface area contributed by atoms with Crippen LogP contribution < -0.4 is 15.8 Å². The summed E-state index contributed by atoms with van der Waals surface area (Å²) >= 11 is 0. The molecule has 19 heavy (non-hydrogen) atoms. The third-order valence-electron chi connectivity index (χ3n) is 1.98. The first-order chi connectivity index (χ1) is 8.40. The van der Waals surface area contributed by atoms with Gasteiger partial charge in [-0.3, -0.25) is 10.1 Å². The maximum Gasteiger partial charge on any atom is 0.333 e. The molecule has 0 saturated heterocycles. The molecule has 1 atom stereocenters. The number of nitro benzene ring substituents is 1. The van der Waals surface area contributed by atoms with Gasteiger partial charge in [0.1, 0.15) is 11.8 Å². The maximum absolute atomic E-state index is 11.4. The van der Waals surface area contributed by atoms with Crippen LogP contribution in [0, 0.1) is 10.1 Å². The molecular weight excluding hydrogens is 265 g/mol. The van der Waals surface area contributed by atoms with E-state index < -0.39 is 23.0 Å². The molecule has 0 bridgehead atoms. The van der Waals surface area contributed by atoms with E-state index in [0.29, 0.717) is 0 Å². The molecule has 0 aliphatic carbocycles. The molecule has 0 aromatic heterocycles. The van der Waals surface area contributed by atoms with Gasteiger partial charge in [0, 0.05) is 41.7 Å². The number of hydrogen-bond acceptors (Lipinski definition) is 5. The Morgan fingerprint density at radius 2 is 1.89 bits per heavy atom. The fraction of sp³-hybridized carbons (Fsp3) is 0.200. The average molecular weight is 276 g/mol. The minimum atomic E-state index is -0.905. The SMILES string of the molecule is CC(NC(N)=O)C(=O)Oc1ccc([N+](=O)[O-])cc1.[Na]. The van der Waals surface area contributed by atoms with Crippen LogP contribution >= 0.6 is 0 Å². The zero-order valence-electron chi connectivity index (χ0n) is 10.5. The molecule has 0 saturated carbocycles. The Labute approximate surface area is 130 Å². The molecule has 97 valence electrons. The number of ether oxygens (including phenoxy) is 1. The maximum atomic E-state index is 11.4. The number of primary amides is 1. The van der Waals surface area contributed by atoms with Gasteiger partial charge in [-0.15, -0.1) is 0 Å². The van der Waals surface area contributed by atoms with Crippen LogP contribution in [0.4, 0.5) is 10.5 Å². The summed E-state index contributed by atoms with van der Waals surface area (Å²) in [4.78, 5) is 31.8. The fourth-order valence-electron chi connectivity index (χ4n) is 1.11. The molecule has 1 unspecified atom stereocenters. The van der Waals surface area contributed by atoms with E-state index in [2.05, 4.69) is 5.32 Å². The summed E-state index contributed by atoms with van der Waals surface area (Å²) in [6, 6.07) is 3.23. The predicted octanol–water partition coefficient (Wildman–Crippen LogP) is 0.176. The van der Waals surface area contributed by atoms with E-state index in [0.717, 1.165) is 0 Å². The van der Waals surface area contributed by atoms with E-state index in [9.17, 15) is 19.7 Å². The Morgan fingerprint density at radius 1 is 1.37 bits per heavy atom. The van der Waals surface area contributed by atoms with Crippen LogP contribution in [-0.4, -0.2) is 52.5 Å². The van der Waals surface area contributed by atoms with Crippen molar-refractivity contribution in [3.8, 4) is 5.75 Å². The van der Waals surface area contributed by atoms with E-state index >= 15 is 0 Å². The zero-order chi connectivity index (χ0) is 13.7. The Morgan fingerprint density at radius 3 is 2.32 bits per heavy atom. The summed E-state index contributed by atoms with van der Waals surface area (Å²) in [5.74, 6) is -0.577. The van der Waals surface area contributed by atoms with Crippen molar-refractivity contribution in [1.29, 1.82) is 0 Å². The molecule has 0 spiro atoms. The summed E-state index contributed by atoms with van der Waals surface area (Å²) in [5.41, 5.74) is 4.73. The number of carbonyl (C=O) groups is 2. The Balaban J connectivity index is 0.00000324. The minimum Gasteiger partial charge on any atom is -0.425 e. The third kappa shape index (κ3) is 5.69. The van der Waals surface area contributed by atoms with Crippen molar-refractivity contribution in [2.45, 2.75) is 13.0 Å². The van der Waals surface area contributed by atoms with Gasteiger partial charge in [0.2, 0.25) is 0 Å². The van der Waals surface area contributed by atoms with Crippen LogP contribution in [0.1, 0.15) is 6.92 Å². The monoisotopic (exact) mass is 276 g/mol. The van der Waals surface area contributed by atoms with Crippen molar-refractivity contribution >= 4 is 47.2 Å². The first-order valence-electron chi connectivity index (χ1n) is 4.92. The molecule has 2 amide bonds. The van der Waals surface area contributed by atoms with Gasteiger partial charge in [0.05, 0.1) is 4.92 Å². The average Bonchev–Trinajstić information content (AvgIpc) is 2.28. The van der Waals surface area contributed by atoms with E-state index in [1.54, 1.807) is 0 Å². The molecule has 0 aliphatic heterocycles. The topological polar surface area (TPSA) is 125 Å². The number of hydrogen-bond donors (Lipinski definition) is 2. The van der Waals surface area contributed by atoms with E-state index in [1.165, 1.54) is 31.2 Å². The molecule has 9 heteroatoms. The number of nitrogens with two attached hydrogens (primary N) is 1. The Bertz CT molecular complexity index is 477. The fourth-order valence-corrected chi connectivity index (χ4v) is 1.11. The van der Waals surface area contributed by atoms with Crippen molar-refractivity contribution in [1.82, 2.24) is 5.32 Å². The summed E-state index contributed by atoms with van der Waals surface area (Å²) in [5, 5.41) is 12.5. The molecular formula is C10H11N3NaO5. The van der Waals surface area contributed by atoms with Crippen molar-refractivity contribution in [2.75, 3.05) is 0 Å².